The van der Waals surface area contributed by atoms with E-state index in [1.165, 1.54) is 19.2 Å². The van der Waals surface area contributed by atoms with Crippen LogP contribution in [0.3, 0.4) is 0 Å². The highest BCUT2D eigenvalue weighted by molar-refractivity contribution is 4.84. The summed E-state index contributed by atoms with van der Waals surface area (Å²) in [6.07, 6.45) is 4.74. The van der Waals surface area contributed by atoms with Crippen LogP contribution in [0.4, 0.5) is 0 Å². The summed E-state index contributed by atoms with van der Waals surface area (Å²) in [4.78, 5) is 6.60. The van der Waals surface area contributed by atoms with Gasteiger partial charge in [-0.2, -0.15) is 4.98 Å². The smallest absolute Gasteiger partial charge is 0.213 e. The van der Waals surface area contributed by atoms with Crippen LogP contribution in [0.15, 0.2) is 10.9 Å². The standard InChI is InChI=1S/C13H24N4O/c1-3-11(2)12-9-17(7-4-6-14-12)8-5-13-15-10-18-16-13/h10-12,14H,3-9H2,1-2H3. The second-order valence-corrected chi connectivity index (χ2v) is 5.20. The molecule has 0 aromatic carbocycles. The van der Waals surface area contributed by atoms with Crippen molar-refractivity contribution in [2.24, 2.45) is 5.92 Å². The zero-order valence-electron chi connectivity index (χ0n) is 11.4. The first-order valence-electron chi connectivity index (χ1n) is 7.00. The van der Waals surface area contributed by atoms with Gasteiger partial charge in [-0.05, 0) is 25.4 Å². The molecule has 5 nitrogen and oxygen atoms in total. The zero-order valence-corrected chi connectivity index (χ0v) is 11.4. The van der Waals surface area contributed by atoms with Gasteiger partial charge in [-0.3, -0.25) is 0 Å². The van der Waals surface area contributed by atoms with Crippen LogP contribution in [0, 0.1) is 5.92 Å². The van der Waals surface area contributed by atoms with Crippen LogP contribution in [-0.4, -0.2) is 47.3 Å². The summed E-state index contributed by atoms with van der Waals surface area (Å²) in [5.74, 6) is 1.54. The Kier molecular flexibility index (Phi) is 5.13. The van der Waals surface area contributed by atoms with Crippen molar-refractivity contribution in [1.29, 1.82) is 0 Å². The largest absolute Gasteiger partial charge is 0.343 e. The molecule has 0 aliphatic carbocycles. The van der Waals surface area contributed by atoms with Gasteiger partial charge in [-0.1, -0.05) is 25.4 Å². The lowest BCUT2D eigenvalue weighted by atomic mass is 9.99. The zero-order chi connectivity index (χ0) is 12.8. The quantitative estimate of drug-likeness (QED) is 0.856. The van der Waals surface area contributed by atoms with Crippen LogP contribution in [0.5, 0.6) is 0 Å². The van der Waals surface area contributed by atoms with Gasteiger partial charge >= 0.3 is 0 Å². The highest BCUT2D eigenvalue weighted by atomic mass is 16.5. The third kappa shape index (κ3) is 3.78. The fourth-order valence-electron chi connectivity index (χ4n) is 2.45. The molecule has 2 unspecified atom stereocenters. The van der Waals surface area contributed by atoms with Crippen LogP contribution in [0.1, 0.15) is 32.5 Å². The second kappa shape index (κ2) is 6.85. The molecule has 5 heteroatoms. The minimum Gasteiger partial charge on any atom is -0.343 e. The fourth-order valence-corrected chi connectivity index (χ4v) is 2.45. The number of nitrogens with one attached hydrogen (secondary N) is 1. The maximum Gasteiger partial charge on any atom is 0.213 e. The molecular formula is C13H24N4O. The average molecular weight is 252 g/mol. The van der Waals surface area contributed by atoms with Crippen LogP contribution in [-0.2, 0) is 6.42 Å². The lowest BCUT2D eigenvalue weighted by Gasteiger charge is -2.27. The Morgan fingerprint density at radius 1 is 1.61 bits per heavy atom. The summed E-state index contributed by atoms with van der Waals surface area (Å²) < 4.78 is 4.76. The van der Waals surface area contributed by atoms with Crippen molar-refractivity contribution in [3.63, 3.8) is 0 Å². The van der Waals surface area contributed by atoms with Crippen molar-refractivity contribution in [3.05, 3.63) is 12.2 Å². The van der Waals surface area contributed by atoms with Gasteiger partial charge < -0.3 is 14.7 Å². The molecule has 1 aliphatic heterocycles. The first-order valence-corrected chi connectivity index (χ1v) is 7.00. The molecule has 0 amide bonds. The number of rotatable bonds is 5. The van der Waals surface area contributed by atoms with Crippen molar-refractivity contribution >= 4 is 0 Å². The van der Waals surface area contributed by atoms with Gasteiger partial charge in [0.1, 0.15) is 0 Å². The topological polar surface area (TPSA) is 54.2 Å². The lowest BCUT2D eigenvalue weighted by molar-refractivity contribution is 0.238. The monoisotopic (exact) mass is 252 g/mol. The van der Waals surface area contributed by atoms with Crippen molar-refractivity contribution in [3.8, 4) is 0 Å². The van der Waals surface area contributed by atoms with Gasteiger partial charge in [0.2, 0.25) is 6.39 Å². The van der Waals surface area contributed by atoms with Gasteiger partial charge in [-0.25, -0.2) is 0 Å². The molecule has 102 valence electrons. The van der Waals surface area contributed by atoms with Crippen LogP contribution >= 0.6 is 0 Å². The Labute approximate surface area is 109 Å². The molecule has 1 fully saturated rings. The summed E-state index contributed by atoms with van der Waals surface area (Å²) >= 11 is 0. The maximum atomic E-state index is 4.76. The normalized spacial score (nSPS) is 23.8. The first-order chi connectivity index (χ1) is 8.79. The van der Waals surface area contributed by atoms with E-state index in [0.29, 0.717) is 6.04 Å². The third-order valence-electron chi connectivity index (χ3n) is 3.90. The maximum absolute atomic E-state index is 4.76. The van der Waals surface area contributed by atoms with Crippen molar-refractivity contribution in [1.82, 2.24) is 20.4 Å². The van der Waals surface area contributed by atoms with E-state index in [-0.39, 0.29) is 0 Å². The summed E-state index contributed by atoms with van der Waals surface area (Å²) in [5.41, 5.74) is 0. The highest BCUT2D eigenvalue weighted by Crippen LogP contribution is 2.12. The summed E-state index contributed by atoms with van der Waals surface area (Å²) in [6.45, 7) is 9.05. The van der Waals surface area contributed by atoms with Crippen molar-refractivity contribution < 1.29 is 4.52 Å². The fraction of sp³-hybridized carbons (Fsp3) is 0.846. The van der Waals surface area contributed by atoms with Crippen LogP contribution in [0.2, 0.25) is 0 Å². The van der Waals surface area contributed by atoms with E-state index in [2.05, 4.69) is 34.2 Å². The first kappa shape index (κ1) is 13.5. The molecule has 1 aliphatic rings. The van der Waals surface area contributed by atoms with Crippen molar-refractivity contribution in [2.45, 2.75) is 39.2 Å². The molecule has 1 N–H and O–H groups in total. The summed E-state index contributed by atoms with van der Waals surface area (Å²) in [6, 6.07) is 0.614. The van der Waals surface area contributed by atoms with E-state index in [4.69, 9.17) is 4.52 Å². The number of hydrogen-bond acceptors (Lipinski definition) is 5. The third-order valence-corrected chi connectivity index (χ3v) is 3.90. The predicted octanol–water partition coefficient (Wildman–Crippen LogP) is 1.32. The second-order valence-electron chi connectivity index (χ2n) is 5.20. The molecule has 2 atom stereocenters. The molecule has 18 heavy (non-hydrogen) atoms. The molecule has 0 radical (unpaired) electrons. The van der Waals surface area contributed by atoms with E-state index >= 15 is 0 Å². The molecular weight excluding hydrogens is 228 g/mol. The minimum absolute atomic E-state index is 0.614. The number of aromatic nitrogens is 2. The average Bonchev–Trinajstić information content (AvgIpc) is 2.80. The van der Waals surface area contributed by atoms with Crippen LogP contribution in [0.25, 0.3) is 0 Å². The Morgan fingerprint density at radius 2 is 2.50 bits per heavy atom. The molecule has 1 aromatic heterocycles. The predicted molar refractivity (Wildman–Crippen MR) is 70.3 cm³/mol. The number of nitrogens with zero attached hydrogens (tertiary/aromatic N) is 3. The van der Waals surface area contributed by atoms with E-state index in [0.717, 1.165) is 44.3 Å². The van der Waals surface area contributed by atoms with Gasteiger partial charge in [0.25, 0.3) is 0 Å². The lowest BCUT2D eigenvalue weighted by Crippen LogP contribution is -2.42. The molecule has 0 bridgehead atoms. The highest BCUT2D eigenvalue weighted by Gasteiger charge is 2.21. The molecule has 0 saturated carbocycles. The van der Waals surface area contributed by atoms with E-state index < -0.39 is 0 Å². The van der Waals surface area contributed by atoms with Gasteiger partial charge in [0.15, 0.2) is 5.82 Å². The van der Waals surface area contributed by atoms with Crippen molar-refractivity contribution in [2.75, 3.05) is 26.2 Å². The van der Waals surface area contributed by atoms with Crippen LogP contribution < -0.4 is 5.32 Å². The molecule has 2 rings (SSSR count). The summed E-state index contributed by atoms with van der Waals surface area (Å²) in [7, 11) is 0. The van der Waals surface area contributed by atoms with Gasteiger partial charge in [0.05, 0.1) is 0 Å². The van der Waals surface area contributed by atoms with Gasteiger partial charge in [-0.15, -0.1) is 0 Å². The van der Waals surface area contributed by atoms with E-state index in [1.807, 2.05) is 0 Å². The number of hydrogen-bond donors (Lipinski definition) is 1. The summed E-state index contributed by atoms with van der Waals surface area (Å²) in [5, 5.41) is 7.53. The molecule has 0 spiro atoms. The molecule has 1 saturated heterocycles. The Balaban J connectivity index is 1.83. The van der Waals surface area contributed by atoms with Gasteiger partial charge in [0, 0.05) is 25.6 Å². The Bertz CT molecular complexity index is 328. The van der Waals surface area contributed by atoms with E-state index in [1.54, 1.807) is 0 Å². The minimum atomic E-state index is 0.614. The SMILES string of the molecule is CCC(C)C1CN(CCc2ncon2)CCCN1. The Hall–Kier alpha value is -0.940. The molecule has 2 heterocycles. The Morgan fingerprint density at radius 3 is 3.22 bits per heavy atom. The van der Waals surface area contributed by atoms with E-state index in [9.17, 15) is 0 Å². The molecule has 1 aromatic rings.